The summed E-state index contributed by atoms with van der Waals surface area (Å²) in [6, 6.07) is 22.0. The average molecular weight is 445 g/mol. The monoisotopic (exact) mass is 444 g/mol. The number of unbranched alkanes of at least 4 members (excludes halogenated alkanes) is 3. The van der Waals surface area contributed by atoms with Crippen LogP contribution in [0.1, 0.15) is 75.3 Å². The van der Waals surface area contributed by atoms with Gasteiger partial charge in [-0.25, -0.2) is 0 Å². The van der Waals surface area contributed by atoms with E-state index in [0.29, 0.717) is 5.92 Å². The summed E-state index contributed by atoms with van der Waals surface area (Å²) in [5.74, 6) is 0.679. The van der Waals surface area contributed by atoms with Crippen LogP contribution in [0.3, 0.4) is 0 Å². The molecule has 2 aliphatic carbocycles. The lowest BCUT2D eigenvalue weighted by atomic mass is 9.66. The predicted molar refractivity (Wildman–Crippen MR) is 139 cm³/mol. The van der Waals surface area contributed by atoms with Crippen molar-refractivity contribution in [3.63, 3.8) is 0 Å². The van der Waals surface area contributed by atoms with Crippen LogP contribution in [0.2, 0.25) is 0 Å². The van der Waals surface area contributed by atoms with Gasteiger partial charge in [0.15, 0.2) is 0 Å². The number of aliphatic hydroxyl groups is 1. The van der Waals surface area contributed by atoms with E-state index in [1.807, 2.05) is 0 Å². The number of hydrogen-bond acceptors (Lipinski definition) is 2. The minimum Gasteiger partial charge on any atom is -0.396 e. The summed E-state index contributed by atoms with van der Waals surface area (Å²) < 4.78 is 5.84. The van der Waals surface area contributed by atoms with Crippen LogP contribution in [-0.2, 0) is 4.74 Å². The van der Waals surface area contributed by atoms with Crippen LogP contribution >= 0.6 is 0 Å². The molecule has 1 saturated carbocycles. The van der Waals surface area contributed by atoms with Gasteiger partial charge in [-0.3, -0.25) is 0 Å². The standard InChI is InChI=1S/C31H40O2/c1-25(26-14-5-2-6-15-26)31-20-13-19-29(31)24-28(30(31)27-16-7-3-8-17-27)18-9-12-23-33-22-11-4-10-21-32/h2-3,5-8,14-17,29,32H,1,4,9-13,18-24H2. The molecule has 0 saturated heterocycles. The SMILES string of the molecule is C=C(c1ccccc1)C12CCCC1CC(CCCCOCCCCCO)=C2c1ccccc1. The molecule has 0 bridgehead atoms. The highest BCUT2D eigenvalue weighted by molar-refractivity contribution is 5.90. The lowest BCUT2D eigenvalue weighted by Crippen LogP contribution is -2.24. The van der Waals surface area contributed by atoms with E-state index in [4.69, 9.17) is 16.4 Å². The normalized spacial score (nSPS) is 22.0. The molecule has 0 heterocycles. The van der Waals surface area contributed by atoms with Crippen LogP contribution in [0, 0.1) is 11.3 Å². The van der Waals surface area contributed by atoms with Gasteiger partial charge in [-0.05, 0) is 86.0 Å². The van der Waals surface area contributed by atoms with Gasteiger partial charge in [0.25, 0.3) is 0 Å². The highest BCUT2D eigenvalue weighted by Gasteiger charge is 2.52. The third-order valence-corrected chi connectivity index (χ3v) is 7.80. The van der Waals surface area contributed by atoms with Crippen molar-refractivity contribution in [3.8, 4) is 0 Å². The second-order valence-electron chi connectivity index (χ2n) is 9.81. The van der Waals surface area contributed by atoms with Gasteiger partial charge in [0, 0.05) is 25.2 Å². The number of rotatable bonds is 13. The Labute approximate surface area is 200 Å². The van der Waals surface area contributed by atoms with Crippen LogP contribution in [0.5, 0.6) is 0 Å². The Morgan fingerprint density at radius 2 is 1.61 bits per heavy atom. The molecule has 2 atom stereocenters. The van der Waals surface area contributed by atoms with Crippen LogP contribution in [0.4, 0.5) is 0 Å². The van der Waals surface area contributed by atoms with Crippen molar-refractivity contribution in [1.29, 1.82) is 0 Å². The molecular formula is C31H40O2. The van der Waals surface area contributed by atoms with E-state index in [9.17, 15) is 0 Å². The van der Waals surface area contributed by atoms with Crippen LogP contribution in [-0.4, -0.2) is 24.9 Å². The highest BCUT2D eigenvalue weighted by atomic mass is 16.5. The Morgan fingerprint density at radius 1 is 0.909 bits per heavy atom. The second kappa shape index (κ2) is 11.8. The lowest BCUT2D eigenvalue weighted by molar-refractivity contribution is 0.125. The molecule has 2 nitrogen and oxygen atoms in total. The average Bonchev–Trinajstić information content (AvgIpc) is 3.40. The molecule has 1 fully saturated rings. The van der Waals surface area contributed by atoms with Gasteiger partial charge in [0.05, 0.1) is 0 Å². The Kier molecular flexibility index (Phi) is 8.58. The molecule has 2 aromatic rings. The third kappa shape index (κ3) is 5.34. The second-order valence-corrected chi connectivity index (χ2v) is 9.81. The zero-order valence-corrected chi connectivity index (χ0v) is 20.1. The van der Waals surface area contributed by atoms with Gasteiger partial charge in [-0.1, -0.05) is 79.2 Å². The number of ether oxygens (including phenoxy) is 1. The van der Waals surface area contributed by atoms with Gasteiger partial charge in [-0.15, -0.1) is 0 Å². The smallest absolute Gasteiger partial charge is 0.0466 e. The summed E-state index contributed by atoms with van der Waals surface area (Å²) in [7, 11) is 0. The van der Waals surface area contributed by atoms with Crippen LogP contribution in [0.25, 0.3) is 11.1 Å². The Balaban J connectivity index is 1.50. The molecule has 0 spiro atoms. The topological polar surface area (TPSA) is 29.5 Å². The summed E-state index contributed by atoms with van der Waals surface area (Å²) in [6.07, 6.45) is 11.5. The number of hydrogen-bond donors (Lipinski definition) is 1. The van der Waals surface area contributed by atoms with Crippen molar-refractivity contribution in [2.45, 2.75) is 64.2 Å². The fourth-order valence-corrected chi connectivity index (χ4v) is 6.27. The van der Waals surface area contributed by atoms with Crippen molar-refractivity contribution in [1.82, 2.24) is 0 Å². The van der Waals surface area contributed by atoms with Crippen molar-refractivity contribution < 1.29 is 9.84 Å². The summed E-state index contributed by atoms with van der Waals surface area (Å²) in [5, 5.41) is 8.87. The van der Waals surface area contributed by atoms with E-state index < -0.39 is 0 Å². The fraction of sp³-hybridized carbons (Fsp3) is 0.484. The molecule has 2 aliphatic rings. The highest BCUT2D eigenvalue weighted by Crippen LogP contribution is 2.66. The van der Waals surface area contributed by atoms with E-state index in [1.165, 1.54) is 55.2 Å². The summed E-state index contributed by atoms with van der Waals surface area (Å²) in [5.41, 5.74) is 7.35. The number of fused-ring (bicyclic) bond motifs is 1. The molecule has 176 valence electrons. The summed E-state index contributed by atoms with van der Waals surface area (Å²) >= 11 is 0. The Morgan fingerprint density at radius 3 is 2.33 bits per heavy atom. The Bertz CT molecular complexity index is 914. The predicted octanol–water partition coefficient (Wildman–Crippen LogP) is 7.69. The van der Waals surface area contributed by atoms with Crippen molar-refractivity contribution in [2.75, 3.05) is 19.8 Å². The quantitative estimate of drug-likeness (QED) is 0.321. The zero-order valence-electron chi connectivity index (χ0n) is 20.1. The van der Waals surface area contributed by atoms with Crippen molar-refractivity contribution in [2.24, 2.45) is 11.3 Å². The summed E-state index contributed by atoms with van der Waals surface area (Å²) in [4.78, 5) is 0. The molecule has 2 aromatic carbocycles. The first-order chi connectivity index (χ1) is 16.3. The van der Waals surface area contributed by atoms with E-state index in [2.05, 4.69) is 60.7 Å². The van der Waals surface area contributed by atoms with E-state index >= 15 is 0 Å². The van der Waals surface area contributed by atoms with E-state index in [-0.39, 0.29) is 12.0 Å². The van der Waals surface area contributed by atoms with Crippen LogP contribution in [0.15, 0.2) is 72.8 Å². The van der Waals surface area contributed by atoms with Crippen molar-refractivity contribution >= 4 is 11.1 Å². The molecule has 1 N–H and O–H groups in total. The maximum absolute atomic E-state index is 8.87. The molecule has 4 rings (SSSR count). The van der Waals surface area contributed by atoms with E-state index in [0.717, 1.165) is 38.9 Å². The maximum atomic E-state index is 8.87. The Hall–Kier alpha value is -2.16. The van der Waals surface area contributed by atoms with Gasteiger partial charge in [0.2, 0.25) is 0 Å². The minimum absolute atomic E-state index is 0.0846. The van der Waals surface area contributed by atoms with Crippen LogP contribution < -0.4 is 0 Å². The van der Waals surface area contributed by atoms with E-state index in [1.54, 1.807) is 11.1 Å². The molecular weight excluding hydrogens is 404 g/mol. The van der Waals surface area contributed by atoms with Crippen molar-refractivity contribution in [3.05, 3.63) is 83.9 Å². The lowest BCUT2D eigenvalue weighted by Gasteiger charge is -2.36. The van der Waals surface area contributed by atoms with Gasteiger partial charge in [-0.2, -0.15) is 0 Å². The van der Waals surface area contributed by atoms with Gasteiger partial charge >= 0.3 is 0 Å². The molecule has 0 radical (unpaired) electrons. The molecule has 0 aromatic heterocycles. The third-order valence-electron chi connectivity index (χ3n) is 7.80. The molecule has 2 unspecified atom stereocenters. The first kappa shape index (κ1) is 24.0. The molecule has 0 aliphatic heterocycles. The molecule has 33 heavy (non-hydrogen) atoms. The first-order valence-corrected chi connectivity index (χ1v) is 13.0. The fourth-order valence-electron chi connectivity index (χ4n) is 6.27. The number of aliphatic hydroxyl groups excluding tert-OH is 1. The summed E-state index contributed by atoms with van der Waals surface area (Å²) in [6.45, 7) is 6.69. The zero-order chi connectivity index (χ0) is 22.9. The number of benzene rings is 2. The van der Waals surface area contributed by atoms with Gasteiger partial charge < -0.3 is 9.84 Å². The first-order valence-electron chi connectivity index (χ1n) is 13.0. The minimum atomic E-state index is 0.0846. The largest absolute Gasteiger partial charge is 0.396 e. The molecule has 0 amide bonds. The number of allylic oxidation sites excluding steroid dienone is 3. The molecule has 2 heteroatoms. The van der Waals surface area contributed by atoms with Gasteiger partial charge in [0.1, 0.15) is 0 Å². The maximum Gasteiger partial charge on any atom is 0.0466 e.